The van der Waals surface area contributed by atoms with Crippen LogP contribution in [0.15, 0.2) is 47.6 Å². The van der Waals surface area contributed by atoms with Crippen LogP contribution in [0.2, 0.25) is 16.7 Å². The van der Waals surface area contributed by atoms with E-state index < -0.39 is 15.4 Å². The molecule has 0 saturated heterocycles. The fraction of sp³-hybridized carbons (Fsp3) is 0.667. The van der Waals surface area contributed by atoms with E-state index in [0.29, 0.717) is 0 Å². The zero-order valence-corrected chi connectivity index (χ0v) is 26.4. The van der Waals surface area contributed by atoms with E-state index in [0.717, 1.165) is 31.0 Å². The Balaban J connectivity index is 0.00000140. The molecule has 0 bridgehead atoms. The molecule has 4 heteroatoms. The van der Waals surface area contributed by atoms with E-state index in [-0.39, 0.29) is 24.8 Å². The summed E-state index contributed by atoms with van der Waals surface area (Å²) in [6.45, 7) is 4.96. The van der Waals surface area contributed by atoms with E-state index in [9.17, 15) is 0 Å². The molecule has 0 aromatic rings. The largest absolute Gasteiger partial charge is 0.147 e. The van der Waals surface area contributed by atoms with E-state index in [2.05, 4.69) is 59.7 Å². The number of hydrogen-bond acceptors (Lipinski definition) is 0. The predicted octanol–water partition coefficient (Wildman–Crippen LogP) is 7.61. The van der Waals surface area contributed by atoms with Gasteiger partial charge in [0.25, 0.3) is 0 Å². The van der Waals surface area contributed by atoms with Gasteiger partial charge >= 0.3 is 168 Å². The van der Waals surface area contributed by atoms with Crippen molar-refractivity contribution in [2.45, 2.75) is 69.1 Å². The van der Waals surface area contributed by atoms with Crippen LogP contribution in [0.1, 0.15) is 52.4 Å². The Hall–Kier alpha value is 0.953. The molecular formula is C24H40Cl2GeHf. The first kappa shape index (κ1) is 25.2. The molecule has 0 aromatic heterocycles. The predicted molar refractivity (Wildman–Crippen MR) is 130 cm³/mol. The van der Waals surface area contributed by atoms with E-state index >= 15 is 0 Å². The standard InChI is InChI=1S/2C11H15.2CH3.2ClH.GeH2.Hf/c2*1-2-9-7-10-5-3-4-6-11(10)8-9;;;;;;/h2*3-5,7,9,11H,2,6,8H2,1H3;2*1H3;2*1H;1H2;. The molecule has 0 aliphatic heterocycles. The SMILES string of the molecule is CCC1CC2CC=CC=C2[CH]1[Hf]([CH3])([CH3])(=[GeH2])[CH]1C2=CC=CCC2CC1CC.Cl.Cl. The van der Waals surface area contributed by atoms with Crippen molar-refractivity contribution < 1.29 is 15.4 Å². The first-order chi connectivity index (χ1) is 12.4. The zero-order valence-electron chi connectivity index (χ0n) is 18.2. The molecule has 6 unspecified atom stereocenters. The van der Waals surface area contributed by atoms with Gasteiger partial charge < -0.3 is 0 Å². The molecule has 4 aliphatic carbocycles. The monoisotopic (exact) mass is 652 g/mol. The van der Waals surface area contributed by atoms with Crippen LogP contribution >= 0.6 is 24.8 Å². The Kier molecular flexibility index (Phi) is 8.30. The summed E-state index contributed by atoms with van der Waals surface area (Å²) in [5.41, 5.74) is 3.83. The Morgan fingerprint density at radius 1 is 0.821 bits per heavy atom. The molecule has 0 aromatic carbocycles. The van der Waals surface area contributed by atoms with Crippen molar-refractivity contribution in [3.63, 3.8) is 0 Å². The molecule has 0 amide bonds. The molecule has 158 valence electrons. The summed E-state index contributed by atoms with van der Waals surface area (Å²) in [5.74, 6) is 3.71. The maximum absolute atomic E-state index is 3.04. The number of hydrogen-bond donors (Lipinski definition) is 0. The van der Waals surface area contributed by atoms with Crippen LogP contribution in [0, 0.1) is 23.7 Å². The minimum Gasteiger partial charge on any atom is -0.147 e. The topological polar surface area (TPSA) is 0 Å². The van der Waals surface area contributed by atoms with Crippen LogP contribution in [0.4, 0.5) is 0 Å². The third kappa shape index (κ3) is 4.05. The van der Waals surface area contributed by atoms with Gasteiger partial charge in [-0.25, -0.2) is 0 Å². The van der Waals surface area contributed by atoms with Gasteiger partial charge in [-0.15, -0.1) is 24.8 Å². The average molecular weight is 651 g/mol. The van der Waals surface area contributed by atoms with Crippen LogP contribution in [0.3, 0.4) is 0 Å². The molecule has 4 aliphatic rings. The molecule has 4 rings (SSSR count). The summed E-state index contributed by atoms with van der Waals surface area (Å²) in [5, 5.41) is 0. The van der Waals surface area contributed by atoms with E-state index in [1.54, 1.807) is 12.2 Å². The molecule has 2 fully saturated rings. The van der Waals surface area contributed by atoms with E-state index in [1.807, 2.05) is 11.1 Å². The van der Waals surface area contributed by atoms with Crippen molar-refractivity contribution in [1.29, 1.82) is 0 Å². The van der Waals surface area contributed by atoms with Gasteiger partial charge in [-0.3, -0.25) is 0 Å². The third-order valence-corrected chi connectivity index (χ3v) is 44.1. The van der Waals surface area contributed by atoms with Gasteiger partial charge in [0.05, 0.1) is 0 Å². The molecule has 28 heavy (non-hydrogen) atoms. The molecule has 6 atom stereocenters. The number of allylic oxidation sites excluding steroid dienone is 8. The summed E-state index contributed by atoms with van der Waals surface area (Å²) in [6.07, 6.45) is 23.2. The molecular weight excluding hydrogens is 610 g/mol. The van der Waals surface area contributed by atoms with Gasteiger partial charge in [-0.1, -0.05) is 0 Å². The molecule has 0 N–H and O–H groups in total. The smallest absolute Gasteiger partial charge is 0.147 e. The number of halogens is 2. The molecule has 0 heterocycles. The maximum Gasteiger partial charge on any atom is -0.147 e. The minimum atomic E-state index is -3.04. The Labute approximate surface area is 191 Å². The molecule has 0 radical (unpaired) electrons. The minimum absolute atomic E-state index is 0. The molecule has 0 nitrogen and oxygen atoms in total. The average Bonchev–Trinajstić information content (AvgIpc) is 3.20. The van der Waals surface area contributed by atoms with Gasteiger partial charge in [0, 0.05) is 0 Å². The van der Waals surface area contributed by atoms with Gasteiger partial charge in [0.2, 0.25) is 0 Å². The second-order valence-electron chi connectivity index (χ2n) is 10.8. The zero-order chi connectivity index (χ0) is 18.6. The fourth-order valence-corrected chi connectivity index (χ4v) is 52.7. The van der Waals surface area contributed by atoms with Crippen molar-refractivity contribution in [3.8, 4) is 0 Å². The summed E-state index contributed by atoms with van der Waals surface area (Å²) in [6, 6.07) is 0. The normalized spacial score (nSPS) is 36.6. The number of rotatable bonds is 4. The summed E-state index contributed by atoms with van der Waals surface area (Å²) in [4.78, 5) is 0. The second-order valence-corrected chi connectivity index (χ2v) is 74.6. The van der Waals surface area contributed by atoms with Gasteiger partial charge in [0.1, 0.15) is 0 Å². The first-order valence-electron chi connectivity index (χ1n) is 11.2. The summed E-state index contributed by atoms with van der Waals surface area (Å²) < 4.78 is 7.83. The number of fused-ring (bicyclic) bond motifs is 2. The van der Waals surface area contributed by atoms with Crippen LogP contribution in [0.5, 0.6) is 0 Å². The summed E-state index contributed by atoms with van der Waals surface area (Å²) in [7, 11) is 0. The second kappa shape index (κ2) is 9.21. The Bertz CT molecular complexity index is 711. The van der Waals surface area contributed by atoms with Crippen molar-refractivity contribution >= 4 is 37.0 Å². The van der Waals surface area contributed by atoms with Crippen LogP contribution in [0.25, 0.3) is 0 Å². The molecule has 2 saturated carbocycles. The van der Waals surface area contributed by atoms with Crippen molar-refractivity contribution in [3.05, 3.63) is 47.6 Å². The third-order valence-electron chi connectivity index (χ3n) is 8.56. The Morgan fingerprint density at radius 2 is 1.21 bits per heavy atom. The van der Waals surface area contributed by atoms with Crippen molar-refractivity contribution in [1.82, 2.24) is 0 Å². The van der Waals surface area contributed by atoms with Gasteiger partial charge in [0.15, 0.2) is 0 Å². The van der Waals surface area contributed by atoms with Crippen LogP contribution in [-0.4, -0.2) is 12.2 Å². The fourth-order valence-electron chi connectivity index (χ4n) is 7.76. The van der Waals surface area contributed by atoms with Crippen LogP contribution < -0.4 is 0 Å². The van der Waals surface area contributed by atoms with Crippen molar-refractivity contribution in [2.24, 2.45) is 23.7 Å². The van der Waals surface area contributed by atoms with E-state index in [1.165, 1.54) is 38.5 Å². The summed E-state index contributed by atoms with van der Waals surface area (Å²) >= 11 is -1.42. The Morgan fingerprint density at radius 3 is 1.57 bits per heavy atom. The van der Waals surface area contributed by atoms with Gasteiger partial charge in [-0.2, -0.15) is 0 Å². The first-order valence-corrected chi connectivity index (χ1v) is 37.2. The molecule has 0 spiro atoms. The van der Waals surface area contributed by atoms with Crippen LogP contribution in [-0.2, 0) is 15.4 Å². The quantitative estimate of drug-likeness (QED) is 0.275. The van der Waals surface area contributed by atoms with E-state index in [4.69, 9.17) is 0 Å². The van der Waals surface area contributed by atoms with Crippen molar-refractivity contribution in [2.75, 3.05) is 0 Å². The van der Waals surface area contributed by atoms with Gasteiger partial charge in [-0.05, 0) is 0 Å². The maximum atomic E-state index is 2.92.